The zero-order valence-electron chi connectivity index (χ0n) is 11.0. The molecule has 0 radical (unpaired) electrons. The Hall–Kier alpha value is -2.76. The van der Waals surface area contributed by atoms with E-state index in [1.165, 1.54) is 12.3 Å². The van der Waals surface area contributed by atoms with Crippen molar-refractivity contribution < 1.29 is 19.1 Å². The van der Waals surface area contributed by atoms with Gasteiger partial charge in [-0.2, -0.15) is 0 Å². The number of amides is 1. The van der Waals surface area contributed by atoms with E-state index in [0.717, 1.165) is 11.8 Å². The Kier molecular flexibility index (Phi) is 4.61. The van der Waals surface area contributed by atoms with Crippen molar-refractivity contribution in [3.05, 3.63) is 59.7 Å². The molecule has 0 saturated heterocycles. The third-order valence-corrected chi connectivity index (χ3v) is 2.83. The topological polar surface area (TPSA) is 79.3 Å². The minimum atomic E-state index is -0.886. The van der Waals surface area contributed by atoms with Crippen LogP contribution < -0.4 is 5.32 Å². The maximum Gasteiger partial charge on any atom is 0.303 e. The normalized spacial score (nSPS) is 10.1. The van der Waals surface area contributed by atoms with E-state index in [0.29, 0.717) is 12.1 Å². The number of anilines is 1. The number of nitrogens with one attached hydrogen (secondary N) is 1. The van der Waals surface area contributed by atoms with Gasteiger partial charge in [-0.25, -0.2) is 4.39 Å². The number of aryl methyl sites for hydroxylation is 1. The maximum atomic E-state index is 13.4. The van der Waals surface area contributed by atoms with Crippen LogP contribution in [0.25, 0.3) is 0 Å². The highest BCUT2D eigenvalue weighted by Crippen LogP contribution is 2.14. The summed E-state index contributed by atoms with van der Waals surface area (Å²) in [6, 6.07) is 8.08. The van der Waals surface area contributed by atoms with Gasteiger partial charge < -0.3 is 10.4 Å². The zero-order valence-corrected chi connectivity index (χ0v) is 11.0. The SMILES string of the molecule is O=C(O)CCc1cccc(NC(=O)c2ccncc2F)c1. The molecule has 1 amide bonds. The van der Waals surface area contributed by atoms with E-state index in [4.69, 9.17) is 5.11 Å². The molecule has 0 atom stereocenters. The molecule has 2 N–H and O–H groups in total. The predicted octanol–water partition coefficient (Wildman–Crippen LogP) is 2.49. The number of pyridine rings is 1. The standard InChI is InChI=1S/C15H13FN2O3/c16-13-9-17-7-6-12(13)15(21)18-11-3-1-2-10(8-11)4-5-14(19)20/h1-3,6-9H,4-5H2,(H,18,21)(H,19,20). The largest absolute Gasteiger partial charge is 0.481 e. The Morgan fingerprint density at radius 3 is 2.81 bits per heavy atom. The highest BCUT2D eigenvalue weighted by atomic mass is 19.1. The summed E-state index contributed by atoms with van der Waals surface area (Å²) in [6.45, 7) is 0. The lowest BCUT2D eigenvalue weighted by Crippen LogP contribution is -2.14. The summed E-state index contributed by atoms with van der Waals surface area (Å²) in [5.74, 6) is -2.16. The van der Waals surface area contributed by atoms with Gasteiger partial charge in [-0.3, -0.25) is 14.6 Å². The Labute approximate surface area is 120 Å². The fourth-order valence-electron chi connectivity index (χ4n) is 1.81. The van der Waals surface area contributed by atoms with Gasteiger partial charge in [0.2, 0.25) is 0 Å². The number of nitrogens with zero attached hydrogens (tertiary/aromatic N) is 1. The van der Waals surface area contributed by atoms with Crippen LogP contribution in [0.4, 0.5) is 10.1 Å². The molecule has 1 aromatic heterocycles. The van der Waals surface area contributed by atoms with Gasteiger partial charge >= 0.3 is 5.97 Å². The molecule has 0 aliphatic rings. The van der Waals surface area contributed by atoms with Crippen molar-refractivity contribution in [1.82, 2.24) is 4.98 Å². The molecular weight excluding hydrogens is 275 g/mol. The van der Waals surface area contributed by atoms with Crippen LogP contribution in [-0.4, -0.2) is 22.0 Å². The first-order valence-corrected chi connectivity index (χ1v) is 6.28. The molecule has 0 aliphatic heterocycles. The molecule has 2 aromatic rings. The van der Waals surface area contributed by atoms with Gasteiger partial charge in [0.05, 0.1) is 11.8 Å². The van der Waals surface area contributed by atoms with Crippen LogP contribution in [-0.2, 0) is 11.2 Å². The van der Waals surface area contributed by atoms with Gasteiger partial charge in [0.25, 0.3) is 5.91 Å². The molecule has 6 heteroatoms. The highest BCUT2D eigenvalue weighted by molar-refractivity contribution is 6.04. The molecule has 1 aromatic carbocycles. The number of rotatable bonds is 5. The smallest absolute Gasteiger partial charge is 0.303 e. The minimum absolute atomic E-state index is 0.0103. The fraction of sp³-hybridized carbons (Fsp3) is 0.133. The van der Waals surface area contributed by atoms with Crippen molar-refractivity contribution >= 4 is 17.6 Å². The van der Waals surface area contributed by atoms with Crippen LogP contribution in [0.5, 0.6) is 0 Å². The average molecular weight is 288 g/mol. The number of aliphatic carboxylic acids is 1. The second-order valence-corrected chi connectivity index (χ2v) is 4.40. The molecule has 1 heterocycles. The second-order valence-electron chi connectivity index (χ2n) is 4.40. The van der Waals surface area contributed by atoms with Gasteiger partial charge in [0, 0.05) is 18.3 Å². The van der Waals surface area contributed by atoms with Crippen LogP contribution in [0.3, 0.4) is 0 Å². The van der Waals surface area contributed by atoms with Crippen LogP contribution in [0, 0.1) is 5.82 Å². The quantitative estimate of drug-likeness (QED) is 0.886. The van der Waals surface area contributed by atoms with Crippen LogP contribution >= 0.6 is 0 Å². The van der Waals surface area contributed by atoms with Crippen LogP contribution in [0.1, 0.15) is 22.3 Å². The number of aromatic nitrogens is 1. The molecule has 5 nitrogen and oxygen atoms in total. The summed E-state index contributed by atoms with van der Waals surface area (Å²) in [5.41, 5.74) is 1.17. The van der Waals surface area contributed by atoms with Crippen molar-refractivity contribution in [2.75, 3.05) is 5.32 Å². The minimum Gasteiger partial charge on any atom is -0.481 e. The van der Waals surface area contributed by atoms with Crippen molar-refractivity contribution in [2.24, 2.45) is 0 Å². The Balaban J connectivity index is 2.09. The van der Waals surface area contributed by atoms with Crippen molar-refractivity contribution in [3.63, 3.8) is 0 Å². The molecule has 108 valence electrons. The molecule has 0 spiro atoms. The van der Waals surface area contributed by atoms with E-state index in [-0.39, 0.29) is 12.0 Å². The average Bonchev–Trinajstić information content (AvgIpc) is 2.46. The summed E-state index contributed by atoms with van der Waals surface area (Å²) < 4.78 is 13.4. The molecule has 2 rings (SSSR count). The van der Waals surface area contributed by atoms with E-state index < -0.39 is 17.7 Å². The van der Waals surface area contributed by atoms with E-state index in [2.05, 4.69) is 10.3 Å². The Morgan fingerprint density at radius 1 is 1.29 bits per heavy atom. The molecule has 0 saturated carbocycles. The Bertz CT molecular complexity index is 673. The maximum absolute atomic E-state index is 13.4. The second kappa shape index (κ2) is 6.60. The molecule has 0 fully saturated rings. The first-order valence-electron chi connectivity index (χ1n) is 6.28. The van der Waals surface area contributed by atoms with Crippen LogP contribution in [0.2, 0.25) is 0 Å². The van der Waals surface area contributed by atoms with Gasteiger partial charge in [0.15, 0.2) is 5.82 Å². The van der Waals surface area contributed by atoms with Crippen molar-refractivity contribution in [2.45, 2.75) is 12.8 Å². The molecule has 21 heavy (non-hydrogen) atoms. The molecule has 0 aliphatic carbocycles. The molecule has 0 unspecified atom stereocenters. The number of halogens is 1. The van der Waals surface area contributed by atoms with Gasteiger partial charge in [0.1, 0.15) is 0 Å². The molecule has 0 bridgehead atoms. The van der Waals surface area contributed by atoms with E-state index in [1.54, 1.807) is 24.3 Å². The van der Waals surface area contributed by atoms with Crippen molar-refractivity contribution in [1.29, 1.82) is 0 Å². The highest BCUT2D eigenvalue weighted by Gasteiger charge is 2.11. The van der Waals surface area contributed by atoms with Gasteiger partial charge in [-0.1, -0.05) is 12.1 Å². The number of carboxylic acids is 1. The van der Waals surface area contributed by atoms with Crippen molar-refractivity contribution in [3.8, 4) is 0 Å². The first-order chi connectivity index (χ1) is 10.1. The fourth-order valence-corrected chi connectivity index (χ4v) is 1.81. The van der Waals surface area contributed by atoms with Gasteiger partial charge in [-0.05, 0) is 30.2 Å². The van der Waals surface area contributed by atoms with E-state index >= 15 is 0 Å². The third-order valence-electron chi connectivity index (χ3n) is 2.83. The predicted molar refractivity (Wildman–Crippen MR) is 74.5 cm³/mol. The third kappa shape index (κ3) is 4.10. The monoisotopic (exact) mass is 288 g/mol. The Morgan fingerprint density at radius 2 is 2.10 bits per heavy atom. The van der Waals surface area contributed by atoms with Crippen LogP contribution in [0.15, 0.2) is 42.7 Å². The summed E-state index contributed by atoms with van der Waals surface area (Å²) in [5, 5.41) is 11.2. The summed E-state index contributed by atoms with van der Waals surface area (Å²) in [6.07, 6.45) is 2.68. The van der Waals surface area contributed by atoms with E-state index in [1.807, 2.05) is 0 Å². The summed E-state index contributed by atoms with van der Waals surface area (Å²) in [4.78, 5) is 26.1. The number of carbonyl (C=O) groups excluding carboxylic acids is 1. The zero-order chi connectivity index (χ0) is 15.2. The summed E-state index contributed by atoms with van der Waals surface area (Å²) >= 11 is 0. The number of carbonyl (C=O) groups is 2. The lowest BCUT2D eigenvalue weighted by Gasteiger charge is -2.07. The molecular formula is C15H13FN2O3. The van der Waals surface area contributed by atoms with E-state index in [9.17, 15) is 14.0 Å². The number of benzene rings is 1. The number of hydrogen-bond acceptors (Lipinski definition) is 3. The van der Waals surface area contributed by atoms with Gasteiger partial charge in [-0.15, -0.1) is 0 Å². The lowest BCUT2D eigenvalue weighted by molar-refractivity contribution is -0.136. The first kappa shape index (κ1) is 14.6. The lowest BCUT2D eigenvalue weighted by atomic mass is 10.1. The number of hydrogen-bond donors (Lipinski definition) is 2. The summed E-state index contributed by atoms with van der Waals surface area (Å²) in [7, 11) is 0. The number of carboxylic acid groups (broad SMARTS) is 1.